The molecule has 0 N–H and O–H groups in total. The van der Waals surface area contributed by atoms with Crippen molar-refractivity contribution >= 4 is 28.9 Å². The van der Waals surface area contributed by atoms with Crippen molar-refractivity contribution in [1.82, 2.24) is 9.91 Å². The van der Waals surface area contributed by atoms with Gasteiger partial charge < -0.3 is 9.47 Å². The molecule has 0 bridgehead atoms. The Hall–Kier alpha value is -2.76. The van der Waals surface area contributed by atoms with Crippen molar-refractivity contribution in [2.75, 3.05) is 40.4 Å². The van der Waals surface area contributed by atoms with Crippen molar-refractivity contribution in [3.8, 4) is 11.5 Å². The van der Waals surface area contributed by atoms with Gasteiger partial charge in [0, 0.05) is 38.3 Å². The molecule has 1 saturated heterocycles. The van der Waals surface area contributed by atoms with Gasteiger partial charge >= 0.3 is 0 Å². The van der Waals surface area contributed by atoms with Crippen LogP contribution in [0.25, 0.3) is 10.8 Å². The minimum Gasteiger partial charge on any atom is -0.493 e. The summed E-state index contributed by atoms with van der Waals surface area (Å²) >= 11 is 0. The van der Waals surface area contributed by atoms with Gasteiger partial charge in [0.1, 0.15) is 0 Å². The summed E-state index contributed by atoms with van der Waals surface area (Å²) in [6.07, 6.45) is 0. The molecule has 0 spiro atoms. The molecule has 6 heteroatoms. The SMILES string of the molecule is COc1ccc(C(C)=NN2CCN(Cc3cccc4ccccc34)CC2)cc1OC.Cl. The van der Waals surface area contributed by atoms with E-state index in [9.17, 15) is 0 Å². The topological polar surface area (TPSA) is 37.3 Å². The highest BCUT2D eigenvalue weighted by atomic mass is 35.5. The lowest BCUT2D eigenvalue weighted by Crippen LogP contribution is -2.43. The van der Waals surface area contributed by atoms with E-state index in [1.165, 1.54) is 16.3 Å². The second-order valence-corrected chi connectivity index (χ2v) is 7.62. The van der Waals surface area contributed by atoms with E-state index >= 15 is 0 Å². The van der Waals surface area contributed by atoms with Crippen LogP contribution in [0.2, 0.25) is 0 Å². The van der Waals surface area contributed by atoms with Crippen LogP contribution in [0.1, 0.15) is 18.1 Å². The fourth-order valence-corrected chi connectivity index (χ4v) is 4.00. The van der Waals surface area contributed by atoms with Crippen molar-refractivity contribution in [2.24, 2.45) is 5.10 Å². The van der Waals surface area contributed by atoms with Gasteiger partial charge in [-0.25, -0.2) is 0 Å². The maximum absolute atomic E-state index is 5.42. The normalized spacial score (nSPS) is 14.9. The predicted molar refractivity (Wildman–Crippen MR) is 130 cm³/mol. The molecule has 1 aliphatic heterocycles. The molecule has 4 rings (SSSR count). The Morgan fingerprint density at radius 2 is 1.58 bits per heavy atom. The first kappa shape index (κ1) is 22.9. The third kappa shape index (κ3) is 5.30. The Morgan fingerprint density at radius 3 is 2.32 bits per heavy atom. The zero-order chi connectivity index (χ0) is 20.9. The lowest BCUT2D eigenvalue weighted by atomic mass is 10.0. The first-order chi connectivity index (χ1) is 14.7. The molecule has 3 aromatic carbocycles. The Labute approximate surface area is 190 Å². The zero-order valence-corrected chi connectivity index (χ0v) is 19.2. The minimum absolute atomic E-state index is 0. The van der Waals surface area contributed by atoms with E-state index in [-0.39, 0.29) is 12.4 Å². The number of benzene rings is 3. The molecule has 1 heterocycles. The summed E-state index contributed by atoms with van der Waals surface area (Å²) in [4.78, 5) is 2.51. The number of hydrogen-bond acceptors (Lipinski definition) is 5. The van der Waals surface area contributed by atoms with Crippen molar-refractivity contribution in [3.63, 3.8) is 0 Å². The average Bonchev–Trinajstić information content (AvgIpc) is 2.80. The fourth-order valence-electron chi connectivity index (χ4n) is 4.00. The highest BCUT2D eigenvalue weighted by molar-refractivity contribution is 5.99. The predicted octanol–water partition coefficient (Wildman–Crippen LogP) is 4.82. The molecule has 164 valence electrons. The van der Waals surface area contributed by atoms with Gasteiger partial charge in [0.15, 0.2) is 11.5 Å². The lowest BCUT2D eigenvalue weighted by molar-refractivity contribution is 0.131. The number of methoxy groups -OCH3 is 2. The smallest absolute Gasteiger partial charge is 0.161 e. The molecule has 0 aromatic heterocycles. The molecule has 0 aliphatic carbocycles. The van der Waals surface area contributed by atoms with Gasteiger partial charge in [-0.3, -0.25) is 9.91 Å². The molecule has 0 amide bonds. The molecule has 0 radical (unpaired) electrons. The van der Waals surface area contributed by atoms with E-state index in [0.717, 1.165) is 55.5 Å². The van der Waals surface area contributed by atoms with Crippen molar-refractivity contribution in [1.29, 1.82) is 0 Å². The Morgan fingerprint density at radius 1 is 0.871 bits per heavy atom. The molecule has 3 aromatic rings. The number of piperazine rings is 1. The van der Waals surface area contributed by atoms with Crippen LogP contribution >= 0.6 is 12.4 Å². The zero-order valence-electron chi connectivity index (χ0n) is 18.4. The second kappa shape index (κ2) is 10.5. The third-order valence-electron chi connectivity index (χ3n) is 5.72. The summed E-state index contributed by atoms with van der Waals surface area (Å²) in [7, 11) is 3.31. The second-order valence-electron chi connectivity index (χ2n) is 7.62. The van der Waals surface area contributed by atoms with Crippen LogP contribution in [-0.2, 0) is 6.54 Å². The first-order valence-corrected chi connectivity index (χ1v) is 10.4. The largest absolute Gasteiger partial charge is 0.493 e. The molecule has 1 aliphatic rings. The maximum atomic E-state index is 5.42. The number of fused-ring (bicyclic) bond motifs is 1. The van der Waals surface area contributed by atoms with Crippen molar-refractivity contribution in [2.45, 2.75) is 13.5 Å². The fraction of sp³-hybridized carbons (Fsp3) is 0.320. The van der Waals surface area contributed by atoms with Crippen LogP contribution in [0, 0.1) is 0 Å². The van der Waals surface area contributed by atoms with Gasteiger partial charge in [0.05, 0.1) is 19.9 Å². The Kier molecular flexibility index (Phi) is 7.77. The monoisotopic (exact) mass is 439 g/mol. The van der Waals surface area contributed by atoms with Gasteiger partial charge in [0.25, 0.3) is 0 Å². The molecule has 31 heavy (non-hydrogen) atoms. The highest BCUT2D eigenvalue weighted by Gasteiger charge is 2.17. The van der Waals surface area contributed by atoms with Crippen LogP contribution in [0.4, 0.5) is 0 Å². The summed E-state index contributed by atoms with van der Waals surface area (Å²) in [5, 5.41) is 9.69. The van der Waals surface area contributed by atoms with Crippen LogP contribution < -0.4 is 9.47 Å². The number of rotatable bonds is 6. The standard InChI is InChI=1S/C25H29N3O2.ClH/c1-19(21-11-12-24(29-2)25(17-21)30-3)26-28-15-13-27(14-16-28)18-22-9-6-8-20-7-4-5-10-23(20)22;/h4-12,17H,13-16,18H2,1-3H3;1H. The summed E-state index contributed by atoms with van der Waals surface area (Å²) in [6, 6.07) is 21.1. The van der Waals surface area contributed by atoms with Crippen molar-refractivity contribution < 1.29 is 9.47 Å². The van der Waals surface area contributed by atoms with Gasteiger partial charge in [-0.1, -0.05) is 42.5 Å². The van der Waals surface area contributed by atoms with Gasteiger partial charge in [0.2, 0.25) is 0 Å². The van der Waals surface area contributed by atoms with Crippen LogP contribution in [0.5, 0.6) is 11.5 Å². The lowest BCUT2D eigenvalue weighted by Gasteiger charge is -2.33. The highest BCUT2D eigenvalue weighted by Crippen LogP contribution is 2.28. The van der Waals surface area contributed by atoms with E-state index in [0.29, 0.717) is 0 Å². The van der Waals surface area contributed by atoms with E-state index in [1.54, 1.807) is 14.2 Å². The number of halogens is 1. The maximum Gasteiger partial charge on any atom is 0.161 e. The van der Waals surface area contributed by atoms with Crippen LogP contribution in [0.15, 0.2) is 65.8 Å². The average molecular weight is 440 g/mol. The number of hydrogen-bond donors (Lipinski definition) is 0. The molecule has 0 atom stereocenters. The van der Waals surface area contributed by atoms with Gasteiger partial charge in [-0.2, -0.15) is 5.10 Å². The minimum atomic E-state index is 0. The van der Waals surface area contributed by atoms with Crippen molar-refractivity contribution in [3.05, 3.63) is 71.8 Å². The summed E-state index contributed by atoms with van der Waals surface area (Å²) in [6.45, 7) is 6.89. The third-order valence-corrected chi connectivity index (χ3v) is 5.72. The molecule has 0 saturated carbocycles. The number of ether oxygens (including phenoxy) is 2. The number of hydrazone groups is 1. The Balaban J connectivity index is 0.00000272. The molecule has 1 fully saturated rings. The van der Waals surface area contributed by atoms with Gasteiger partial charge in [-0.05, 0) is 41.5 Å². The molecular formula is C25H30ClN3O2. The van der Waals surface area contributed by atoms with E-state index < -0.39 is 0 Å². The quantitative estimate of drug-likeness (QED) is 0.516. The van der Waals surface area contributed by atoms with E-state index in [1.807, 2.05) is 25.1 Å². The summed E-state index contributed by atoms with van der Waals surface area (Å²) in [5.74, 6) is 1.46. The first-order valence-electron chi connectivity index (χ1n) is 10.4. The summed E-state index contributed by atoms with van der Waals surface area (Å²) in [5.41, 5.74) is 3.43. The van der Waals surface area contributed by atoms with E-state index in [2.05, 4.69) is 52.4 Å². The Bertz CT molecular complexity index is 1040. The van der Waals surface area contributed by atoms with Crippen LogP contribution in [-0.4, -0.2) is 56.0 Å². The summed E-state index contributed by atoms with van der Waals surface area (Å²) < 4.78 is 10.7. The van der Waals surface area contributed by atoms with E-state index in [4.69, 9.17) is 14.6 Å². The molecule has 5 nitrogen and oxygen atoms in total. The van der Waals surface area contributed by atoms with Crippen LogP contribution in [0.3, 0.4) is 0 Å². The van der Waals surface area contributed by atoms with Gasteiger partial charge in [-0.15, -0.1) is 12.4 Å². The molecular weight excluding hydrogens is 410 g/mol. The number of nitrogens with zero attached hydrogens (tertiary/aromatic N) is 3. The molecule has 0 unspecified atom stereocenters.